The van der Waals surface area contributed by atoms with Gasteiger partial charge in [0.1, 0.15) is 5.60 Å². The van der Waals surface area contributed by atoms with Crippen LogP contribution in [0.1, 0.15) is 47.1 Å². The Morgan fingerprint density at radius 2 is 1.77 bits per heavy atom. The number of amides is 2. The van der Waals surface area contributed by atoms with Crippen LogP contribution < -0.4 is 10.6 Å². The first-order chi connectivity index (χ1) is 9.97. The topological polar surface area (TPSA) is 80.3 Å². The van der Waals surface area contributed by atoms with Crippen LogP contribution in [0.25, 0.3) is 0 Å². The van der Waals surface area contributed by atoms with Gasteiger partial charge in [-0.3, -0.25) is 9.78 Å². The van der Waals surface area contributed by atoms with Gasteiger partial charge in [0, 0.05) is 18.2 Å². The smallest absolute Gasteiger partial charge is 0.407 e. The first-order valence-electron chi connectivity index (χ1n) is 7.19. The van der Waals surface area contributed by atoms with Gasteiger partial charge in [0.05, 0.1) is 11.9 Å². The first kappa shape index (κ1) is 17.9. The molecule has 0 fully saturated rings. The number of nitrogens with one attached hydrogen (secondary N) is 2. The first-order valence-corrected chi connectivity index (χ1v) is 7.19. The number of rotatable bonds is 3. The summed E-state index contributed by atoms with van der Waals surface area (Å²) >= 11 is 0. The Labute approximate surface area is 131 Å². The Bertz CT molecular complexity index is 542. The predicted molar refractivity (Wildman–Crippen MR) is 85.4 cm³/mol. The average molecular weight is 307 g/mol. The quantitative estimate of drug-likeness (QED) is 0.899. The predicted octanol–water partition coefficient (Wildman–Crippen LogP) is 3.09. The summed E-state index contributed by atoms with van der Waals surface area (Å²) in [7, 11) is 0. The number of nitrogens with zero attached hydrogens (tertiary/aromatic N) is 1. The SMILES string of the molecule is CC(C)(C)OC(=O)NCc1cncc(NC(=O)C(C)(C)C)c1. The molecule has 0 aliphatic rings. The monoisotopic (exact) mass is 307 g/mol. The van der Waals surface area contributed by atoms with Crippen molar-refractivity contribution in [2.45, 2.75) is 53.7 Å². The number of aromatic nitrogens is 1. The summed E-state index contributed by atoms with van der Waals surface area (Å²) in [5, 5.41) is 5.46. The number of alkyl carbamates (subject to hydrolysis) is 1. The van der Waals surface area contributed by atoms with E-state index in [0.717, 1.165) is 5.56 Å². The van der Waals surface area contributed by atoms with Crippen LogP contribution in [0.15, 0.2) is 18.5 Å². The van der Waals surface area contributed by atoms with Crippen LogP contribution in [0.2, 0.25) is 0 Å². The van der Waals surface area contributed by atoms with Crippen LogP contribution in [-0.2, 0) is 16.1 Å². The molecule has 6 nitrogen and oxygen atoms in total. The van der Waals surface area contributed by atoms with Gasteiger partial charge in [-0.15, -0.1) is 0 Å². The molecule has 1 rings (SSSR count). The highest BCUT2D eigenvalue weighted by Crippen LogP contribution is 2.17. The number of ether oxygens (including phenoxy) is 1. The van der Waals surface area contributed by atoms with Gasteiger partial charge in [-0.2, -0.15) is 0 Å². The Balaban J connectivity index is 2.62. The number of carbonyl (C=O) groups excluding carboxylic acids is 2. The van der Waals surface area contributed by atoms with E-state index in [2.05, 4.69) is 15.6 Å². The van der Waals surface area contributed by atoms with Gasteiger partial charge in [0.15, 0.2) is 0 Å². The number of hydrogen-bond acceptors (Lipinski definition) is 4. The fraction of sp³-hybridized carbons (Fsp3) is 0.562. The Morgan fingerprint density at radius 3 is 2.32 bits per heavy atom. The molecule has 0 aliphatic carbocycles. The molecule has 2 N–H and O–H groups in total. The van der Waals surface area contributed by atoms with E-state index in [1.54, 1.807) is 39.2 Å². The maximum absolute atomic E-state index is 11.9. The molecule has 1 aromatic rings. The van der Waals surface area contributed by atoms with Gasteiger partial charge in [0.25, 0.3) is 0 Å². The highest BCUT2D eigenvalue weighted by Gasteiger charge is 2.21. The second-order valence-electron chi connectivity index (χ2n) is 7.14. The lowest BCUT2D eigenvalue weighted by atomic mass is 9.95. The number of anilines is 1. The molecule has 1 heterocycles. The molecule has 0 spiro atoms. The normalized spacial score (nSPS) is 11.7. The van der Waals surface area contributed by atoms with Gasteiger partial charge in [-0.1, -0.05) is 20.8 Å². The van der Waals surface area contributed by atoms with E-state index in [0.29, 0.717) is 5.69 Å². The third-order valence-electron chi connectivity index (χ3n) is 2.57. The lowest BCUT2D eigenvalue weighted by Gasteiger charge is -2.20. The summed E-state index contributed by atoms with van der Waals surface area (Å²) in [6.07, 6.45) is 2.71. The molecular formula is C16H25N3O3. The average Bonchev–Trinajstić information content (AvgIpc) is 2.33. The lowest BCUT2D eigenvalue weighted by molar-refractivity contribution is -0.123. The molecule has 0 atom stereocenters. The molecule has 6 heteroatoms. The molecule has 2 amide bonds. The van der Waals surface area contributed by atoms with Gasteiger partial charge in [-0.05, 0) is 32.4 Å². The Kier molecular flexibility index (Phi) is 5.52. The van der Waals surface area contributed by atoms with Gasteiger partial charge in [-0.25, -0.2) is 4.79 Å². The fourth-order valence-electron chi connectivity index (χ4n) is 1.46. The van der Waals surface area contributed by atoms with Gasteiger partial charge in [0.2, 0.25) is 5.91 Å². The summed E-state index contributed by atoms with van der Waals surface area (Å²) in [5.74, 6) is -0.0912. The van der Waals surface area contributed by atoms with Crippen LogP contribution in [0.5, 0.6) is 0 Å². The van der Waals surface area contributed by atoms with Crippen molar-refractivity contribution < 1.29 is 14.3 Å². The highest BCUT2D eigenvalue weighted by molar-refractivity contribution is 5.94. The third kappa shape index (κ3) is 6.56. The molecule has 0 aromatic carbocycles. The van der Waals surface area contributed by atoms with Gasteiger partial charge >= 0.3 is 6.09 Å². The van der Waals surface area contributed by atoms with Gasteiger partial charge < -0.3 is 15.4 Å². The zero-order valence-electron chi connectivity index (χ0n) is 14.1. The van der Waals surface area contributed by atoms with Crippen LogP contribution in [0, 0.1) is 5.41 Å². The lowest BCUT2D eigenvalue weighted by Crippen LogP contribution is -2.32. The second kappa shape index (κ2) is 6.77. The minimum Gasteiger partial charge on any atom is -0.444 e. The number of pyridine rings is 1. The van der Waals surface area contributed by atoms with E-state index in [1.165, 1.54) is 0 Å². The van der Waals surface area contributed by atoms with Crippen molar-refractivity contribution in [3.63, 3.8) is 0 Å². The van der Waals surface area contributed by atoms with E-state index in [-0.39, 0.29) is 12.5 Å². The number of carbonyl (C=O) groups is 2. The van der Waals surface area contributed by atoms with E-state index < -0.39 is 17.1 Å². The highest BCUT2D eigenvalue weighted by atomic mass is 16.6. The Morgan fingerprint density at radius 1 is 1.14 bits per heavy atom. The standard InChI is InChI=1S/C16H25N3O3/c1-15(2,3)13(20)19-12-7-11(8-17-10-12)9-18-14(21)22-16(4,5)6/h7-8,10H,9H2,1-6H3,(H,18,21)(H,19,20). The minimum atomic E-state index is -0.537. The molecule has 1 aromatic heterocycles. The molecular weight excluding hydrogens is 282 g/mol. The summed E-state index contributed by atoms with van der Waals surface area (Å²) in [5.41, 5.74) is 0.358. The second-order valence-corrected chi connectivity index (χ2v) is 7.14. The third-order valence-corrected chi connectivity index (χ3v) is 2.57. The summed E-state index contributed by atoms with van der Waals surface area (Å²) < 4.78 is 5.16. The van der Waals surface area contributed by atoms with Crippen molar-refractivity contribution in [1.82, 2.24) is 10.3 Å². The molecule has 0 radical (unpaired) electrons. The molecule has 0 saturated heterocycles. The summed E-state index contributed by atoms with van der Waals surface area (Å²) in [6, 6.07) is 1.77. The molecule has 122 valence electrons. The van der Waals surface area contributed by atoms with Crippen molar-refractivity contribution in [2.24, 2.45) is 5.41 Å². The largest absolute Gasteiger partial charge is 0.444 e. The zero-order chi connectivity index (χ0) is 17.0. The molecule has 0 aliphatic heterocycles. The maximum atomic E-state index is 11.9. The van der Waals surface area contributed by atoms with E-state index >= 15 is 0 Å². The van der Waals surface area contributed by atoms with Crippen molar-refractivity contribution in [2.75, 3.05) is 5.32 Å². The number of hydrogen-bond donors (Lipinski definition) is 2. The Hall–Kier alpha value is -2.11. The van der Waals surface area contributed by atoms with E-state index in [9.17, 15) is 9.59 Å². The van der Waals surface area contributed by atoms with Crippen LogP contribution >= 0.6 is 0 Å². The van der Waals surface area contributed by atoms with Crippen LogP contribution in [0.3, 0.4) is 0 Å². The van der Waals surface area contributed by atoms with Crippen molar-refractivity contribution in [1.29, 1.82) is 0 Å². The van der Waals surface area contributed by atoms with Crippen molar-refractivity contribution in [3.8, 4) is 0 Å². The molecule has 22 heavy (non-hydrogen) atoms. The maximum Gasteiger partial charge on any atom is 0.407 e. The van der Waals surface area contributed by atoms with Crippen molar-refractivity contribution in [3.05, 3.63) is 24.0 Å². The van der Waals surface area contributed by atoms with Crippen molar-refractivity contribution >= 4 is 17.7 Å². The fourth-order valence-corrected chi connectivity index (χ4v) is 1.46. The van der Waals surface area contributed by atoms with E-state index in [1.807, 2.05) is 20.8 Å². The molecule has 0 unspecified atom stereocenters. The zero-order valence-corrected chi connectivity index (χ0v) is 14.1. The van der Waals surface area contributed by atoms with E-state index in [4.69, 9.17) is 4.74 Å². The molecule has 0 bridgehead atoms. The van der Waals surface area contributed by atoms with Crippen LogP contribution in [-0.4, -0.2) is 22.6 Å². The summed E-state index contributed by atoms with van der Waals surface area (Å²) in [6.45, 7) is 11.2. The van der Waals surface area contributed by atoms with Crippen LogP contribution in [0.4, 0.5) is 10.5 Å². The summed E-state index contributed by atoms with van der Waals surface area (Å²) in [4.78, 5) is 27.6. The minimum absolute atomic E-state index is 0.0912. The molecule has 0 saturated carbocycles.